The second-order valence-corrected chi connectivity index (χ2v) is 4.80. The van der Waals surface area contributed by atoms with Gasteiger partial charge in [-0.15, -0.1) is 0 Å². The van der Waals surface area contributed by atoms with Gasteiger partial charge in [0, 0.05) is 0 Å². The molecule has 0 aromatic heterocycles. The largest absolute Gasteiger partial charge is 0.456 e. The molecule has 0 unspecified atom stereocenters. The van der Waals surface area contributed by atoms with E-state index in [1.165, 1.54) is 0 Å². The molecule has 2 aromatic carbocycles. The first-order chi connectivity index (χ1) is 11.3. The van der Waals surface area contributed by atoms with Gasteiger partial charge < -0.3 is 4.74 Å². The fourth-order valence-electron chi connectivity index (χ4n) is 1.93. The van der Waals surface area contributed by atoms with Gasteiger partial charge in [-0.3, -0.25) is 0 Å². The summed E-state index contributed by atoms with van der Waals surface area (Å²) in [6.07, 6.45) is -15.2. The molecule has 0 aliphatic rings. The van der Waals surface area contributed by atoms with Crippen LogP contribution in [0.5, 0.6) is 11.5 Å². The van der Waals surface area contributed by atoms with Crippen LogP contribution in [0.25, 0.3) is 0 Å². The Labute approximate surface area is 134 Å². The molecule has 0 atom stereocenters. The van der Waals surface area contributed by atoms with Crippen LogP contribution in [0.15, 0.2) is 42.5 Å². The third-order valence-corrected chi connectivity index (χ3v) is 3.02. The molecule has 25 heavy (non-hydrogen) atoms. The second-order valence-electron chi connectivity index (χ2n) is 4.80. The van der Waals surface area contributed by atoms with Crippen molar-refractivity contribution in [1.29, 1.82) is 0 Å². The van der Waals surface area contributed by atoms with Crippen molar-refractivity contribution in [3.05, 3.63) is 59.2 Å². The Hall–Kier alpha value is -2.39. The number of hydrogen-bond acceptors (Lipinski definition) is 1. The van der Waals surface area contributed by atoms with E-state index in [4.69, 9.17) is 0 Å². The molecule has 0 heterocycles. The van der Waals surface area contributed by atoms with Gasteiger partial charge in [-0.1, -0.05) is 12.1 Å². The van der Waals surface area contributed by atoms with Crippen LogP contribution in [0.4, 0.5) is 39.5 Å². The predicted octanol–water partition coefficient (Wildman–Crippen LogP) is 6.54. The summed E-state index contributed by atoms with van der Waals surface area (Å²) < 4.78 is 120. The van der Waals surface area contributed by atoms with Gasteiger partial charge >= 0.3 is 18.5 Å². The minimum atomic E-state index is -5.26. The summed E-state index contributed by atoms with van der Waals surface area (Å²) in [5.41, 5.74) is -4.79. The summed E-state index contributed by atoms with van der Waals surface area (Å²) in [4.78, 5) is 0. The highest BCUT2D eigenvalue weighted by Gasteiger charge is 2.40. The zero-order chi connectivity index (χ0) is 19.0. The molecule has 0 radical (unpaired) electrons. The van der Waals surface area contributed by atoms with Crippen molar-refractivity contribution in [3.8, 4) is 11.5 Å². The molecule has 0 spiro atoms. The van der Waals surface area contributed by atoms with E-state index >= 15 is 0 Å². The maximum atomic E-state index is 13.0. The maximum Gasteiger partial charge on any atom is 0.420 e. The van der Waals surface area contributed by atoms with Gasteiger partial charge in [0.2, 0.25) is 0 Å². The van der Waals surface area contributed by atoms with Crippen LogP contribution in [0.2, 0.25) is 0 Å². The van der Waals surface area contributed by atoms with Gasteiger partial charge in [-0.25, -0.2) is 0 Å². The number of benzene rings is 2. The van der Waals surface area contributed by atoms with Crippen LogP contribution in [-0.4, -0.2) is 0 Å². The molecule has 0 bridgehead atoms. The topological polar surface area (TPSA) is 9.23 Å². The van der Waals surface area contributed by atoms with Crippen LogP contribution in [0, 0.1) is 0 Å². The Morgan fingerprint density at radius 1 is 0.560 bits per heavy atom. The number of halogens is 9. The van der Waals surface area contributed by atoms with E-state index in [0.29, 0.717) is 18.2 Å². The standard InChI is InChI=1S/C15H7F9O/c16-13(17,18)8-5-6-12(10(7-8)15(22,23)24)25-11-4-2-1-3-9(11)14(19,20)21/h1-7H. The molecule has 2 aromatic rings. The number of para-hydroxylation sites is 1. The summed E-state index contributed by atoms with van der Waals surface area (Å²) >= 11 is 0. The lowest BCUT2D eigenvalue weighted by molar-refractivity contribution is -0.143. The summed E-state index contributed by atoms with van der Waals surface area (Å²) in [7, 11) is 0. The van der Waals surface area contributed by atoms with Crippen LogP contribution in [0.1, 0.15) is 16.7 Å². The SMILES string of the molecule is FC(F)(F)c1ccc(Oc2ccccc2C(F)(F)F)c(C(F)(F)F)c1. The lowest BCUT2D eigenvalue weighted by Crippen LogP contribution is -2.13. The van der Waals surface area contributed by atoms with Gasteiger partial charge in [0.05, 0.1) is 16.7 Å². The summed E-state index contributed by atoms with van der Waals surface area (Å²) in [6, 6.07) is 3.83. The second kappa shape index (κ2) is 6.16. The zero-order valence-corrected chi connectivity index (χ0v) is 11.9. The Kier molecular flexibility index (Phi) is 4.67. The van der Waals surface area contributed by atoms with Gasteiger partial charge in [0.15, 0.2) is 0 Å². The highest BCUT2D eigenvalue weighted by atomic mass is 19.4. The molecular formula is C15H7F9O. The van der Waals surface area contributed by atoms with Crippen LogP contribution in [0.3, 0.4) is 0 Å². The molecule has 10 heteroatoms. The third kappa shape index (κ3) is 4.37. The first-order valence-corrected chi connectivity index (χ1v) is 6.42. The lowest BCUT2D eigenvalue weighted by atomic mass is 10.1. The molecule has 0 aliphatic carbocycles. The van der Waals surface area contributed by atoms with Crippen LogP contribution in [-0.2, 0) is 18.5 Å². The average Bonchev–Trinajstić information content (AvgIpc) is 2.44. The van der Waals surface area contributed by atoms with E-state index in [9.17, 15) is 39.5 Å². The molecule has 0 fully saturated rings. The quantitative estimate of drug-likeness (QED) is 0.543. The predicted molar refractivity (Wildman–Crippen MR) is 68.0 cm³/mol. The zero-order valence-electron chi connectivity index (χ0n) is 11.9. The molecule has 1 nitrogen and oxygen atoms in total. The first kappa shape index (κ1) is 18.9. The van der Waals surface area contributed by atoms with Crippen molar-refractivity contribution in [2.45, 2.75) is 18.5 Å². The molecule has 0 saturated carbocycles. The Bertz CT molecular complexity index is 757. The van der Waals surface area contributed by atoms with Gasteiger partial charge in [-0.2, -0.15) is 39.5 Å². The smallest absolute Gasteiger partial charge is 0.420 e. The van der Waals surface area contributed by atoms with Crippen molar-refractivity contribution in [2.24, 2.45) is 0 Å². The summed E-state index contributed by atoms with van der Waals surface area (Å²) in [5.74, 6) is -2.13. The highest BCUT2D eigenvalue weighted by molar-refractivity contribution is 5.45. The fourth-order valence-corrected chi connectivity index (χ4v) is 1.93. The minimum absolute atomic E-state index is 0.217. The monoisotopic (exact) mass is 374 g/mol. The van der Waals surface area contributed by atoms with Crippen molar-refractivity contribution >= 4 is 0 Å². The van der Waals surface area contributed by atoms with Crippen LogP contribution < -0.4 is 4.74 Å². The number of alkyl halides is 9. The summed E-state index contributed by atoms with van der Waals surface area (Å²) in [6.45, 7) is 0. The molecule has 0 amide bonds. The average molecular weight is 374 g/mol. The number of rotatable bonds is 2. The number of ether oxygens (including phenoxy) is 1. The normalized spacial score (nSPS) is 13.0. The van der Waals surface area contributed by atoms with Gasteiger partial charge in [0.1, 0.15) is 11.5 Å². The van der Waals surface area contributed by atoms with E-state index in [1.807, 2.05) is 0 Å². The number of hydrogen-bond donors (Lipinski definition) is 0. The Morgan fingerprint density at radius 3 is 1.60 bits per heavy atom. The Morgan fingerprint density at radius 2 is 1.08 bits per heavy atom. The molecule has 0 N–H and O–H groups in total. The first-order valence-electron chi connectivity index (χ1n) is 6.42. The van der Waals surface area contributed by atoms with Crippen molar-refractivity contribution in [2.75, 3.05) is 0 Å². The van der Waals surface area contributed by atoms with E-state index in [0.717, 1.165) is 18.2 Å². The van der Waals surface area contributed by atoms with Crippen molar-refractivity contribution in [3.63, 3.8) is 0 Å². The van der Waals surface area contributed by atoms with Gasteiger partial charge in [0.25, 0.3) is 0 Å². The van der Waals surface area contributed by atoms with Crippen LogP contribution >= 0.6 is 0 Å². The highest BCUT2D eigenvalue weighted by Crippen LogP contribution is 2.44. The minimum Gasteiger partial charge on any atom is -0.456 e. The van der Waals surface area contributed by atoms with Crippen molar-refractivity contribution < 1.29 is 44.3 Å². The van der Waals surface area contributed by atoms with Gasteiger partial charge in [-0.05, 0) is 30.3 Å². The van der Waals surface area contributed by atoms with E-state index in [2.05, 4.69) is 4.74 Å². The van der Waals surface area contributed by atoms with E-state index in [1.54, 1.807) is 0 Å². The van der Waals surface area contributed by atoms with Crippen molar-refractivity contribution in [1.82, 2.24) is 0 Å². The maximum absolute atomic E-state index is 13.0. The third-order valence-electron chi connectivity index (χ3n) is 3.02. The molecule has 136 valence electrons. The molecular weight excluding hydrogens is 367 g/mol. The fraction of sp³-hybridized carbons (Fsp3) is 0.200. The Balaban J connectivity index is 2.55. The van der Waals surface area contributed by atoms with E-state index in [-0.39, 0.29) is 6.07 Å². The lowest BCUT2D eigenvalue weighted by Gasteiger charge is -2.18. The molecule has 2 rings (SSSR count). The molecule has 0 saturated heterocycles. The molecule has 0 aliphatic heterocycles. The van der Waals surface area contributed by atoms with E-state index < -0.39 is 46.7 Å². The summed E-state index contributed by atoms with van der Waals surface area (Å²) in [5, 5.41) is 0.